The van der Waals surface area contributed by atoms with Gasteiger partial charge in [0.05, 0.1) is 25.8 Å². The van der Waals surface area contributed by atoms with Crippen LogP contribution in [-0.2, 0) is 17.9 Å². The summed E-state index contributed by atoms with van der Waals surface area (Å²) in [5, 5.41) is 10.9. The van der Waals surface area contributed by atoms with Crippen LogP contribution in [0.3, 0.4) is 0 Å². The van der Waals surface area contributed by atoms with Crippen molar-refractivity contribution in [2.24, 2.45) is 0 Å². The number of halogens is 1. The van der Waals surface area contributed by atoms with E-state index in [0.29, 0.717) is 18.3 Å². The first-order valence-electron chi connectivity index (χ1n) is 5.68. The molecule has 4 nitrogen and oxygen atoms in total. The molecule has 1 N–H and O–H groups in total. The standard InChI is InChI=1S/C13H16ClNO3/c1-17-7-6-15-12-9(10(8-16)13(15)14)4-3-5-11(12)18-2/h3-5,16H,6-8H2,1-2H3. The Kier molecular flexibility index (Phi) is 4.11. The Balaban J connectivity index is 2.69. The van der Waals surface area contributed by atoms with Gasteiger partial charge >= 0.3 is 0 Å². The minimum Gasteiger partial charge on any atom is -0.495 e. The van der Waals surface area contributed by atoms with Crippen molar-refractivity contribution in [3.63, 3.8) is 0 Å². The molecular weight excluding hydrogens is 254 g/mol. The number of fused-ring (bicyclic) bond motifs is 1. The summed E-state index contributed by atoms with van der Waals surface area (Å²) >= 11 is 6.31. The Hall–Kier alpha value is -1.23. The molecule has 1 aromatic heterocycles. The van der Waals surface area contributed by atoms with Crippen LogP contribution in [0.1, 0.15) is 5.56 Å². The molecule has 5 heteroatoms. The third-order valence-corrected chi connectivity index (χ3v) is 3.41. The van der Waals surface area contributed by atoms with E-state index >= 15 is 0 Å². The molecule has 0 fully saturated rings. The third-order valence-electron chi connectivity index (χ3n) is 2.98. The molecule has 0 radical (unpaired) electrons. The van der Waals surface area contributed by atoms with E-state index in [1.807, 2.05) is 22.8 Å². The predicted molar refractivity (Wildman–Crippen MR) is 71.3 cm³/mol. The maximum absolute atomic E-state index is 9.45. The van der Waals surface area contributed by atoms with Crippen LogP contribution in [0.25, 0.3) is 10.9 Å². The normalized spacial score (nSPS) is 11.1. The largest absolute Gasteiger partial charge is 0.495 e. The van der Waals surface area contributed by atoms with Crippen molar-refractivity contribution in [3.05, 3.63) is 28.9 Å². The van der Waals surface area contributed by atoms with E-state index in [1.54, 1.807) is 14.2 Å². The molecule has 1 aromatic carbocycles. The van der Waals surface area contributed by atoms with Crippen molar-refractivity contribution < 1.29 is 14.6 Å². The summed E-state index contributed by atoms with van der Waals surface area (Å²) in [5.74, 6) is 0.741. The highest BCUT2D eigenvalue weighted by Gasteiger charge is 2.17. The monoisotopic (exact) mass is 269 g/mol. The molecule has 18 heavy (non-hydrogen) atoms. The highest BCUT2D eigenvalue weighted by Crippen LogP contribution is 2.35. The number of aromatic nitrogens is 1. The average molecular weight is 270 g/mol. The minimum atomic E-state index is -0.0948. The Morgan fingerprint density at radius 2 is 2.11 bits per heavy atom. The lowest BCUT2D eigenvalue weighted by atomic mass is 10.2. The van der Waals surface area contributed by atoms with Crippen LogP contribution in [0.4, 0.5) is 0 Å². The van der Waals surface area contributed by atoms with E-state index < -0.39 is 0 Å². The summed E-state index contributed by atoms with van der Waals surface area (Å²) in [6.07, 6.45) is 0. The quantitative estimate of drug-likeness (QED) is 0.907. The second-order valence-electron chi connectivity index (χ2n) is 3.93. The second-order valence-corrected chi connectivity index (χ2v) is 4.29. The van der Waals surface area contributed by atoms with Gasteiger partial charge in [-0.2, -0.15) is 0 Å². The fourth-order valence-electron chi connectivity index (χ4n) is 2.12. The van der Waals surface area contributed by atoms with Gasteiger partial charge in [0.2, 0.25) is 0 Å². The fraction of sp³-hybridized carbons (Fsp3) is 0.385. The van der Waals surface area contributed by atoms with E-state index in [2.05, 4.69) is 0 Å². The van der Waals surface area contributed by atoms with Gasteiger partial charge in [0.15, 0.2) is 0 Å². The Morgan fingerprint density at radius 1 is 1.33 bits per heavy atom. The highest BCUT2D eigenvalue weighted by molar-refractivity contribution is 6.32. The number of para-hydroxylation sites is 1. The number of aliphatic hydroxyl groups is 1. The smallest absolute Gasteiger partial charge is 0.143 e. The van der Waals surface area contributed by atoms with E-state index in [4.69, 9.17) is 21.1 Å². The average Bonchev–Trinajstić information content (AvgIpc) is 2.67. The summed E-state index contributed by atoms with van der Waals surface area (Å²) < 4.78 is 12.3. The highest BCUT2D eigenvalue weighted by atomic mass is 35.5. The molecule has 0 saturated heterocycles. The number of aliphatic hydroxyl groups excluding tert-OH is 1. The molecular formula is C13H16ClNO3. The lowest BCUT2D eigenvalue weighted by Gasteiger charge is -2.09. The minimum absolute atomic E-state index is 0.0948. The fourth-order valence-corrected chi connectivity index (χ4v) is 2.45. The van der Waals surface area contributed by atoms with E-state index in [1.165, 1.54) is 0 Å². The van der Waals surface area contributed by atoms with Gasteiger partial charge in [0.25, 0.3) is 0 Å². The van der Waals surface area contributed by atoms with Crippen LogP contribution in [0, 0.1) is 0 Å². The van der Waals surface area contributed by atoms with Crippen molar-refractivity contribution in [1.29, 1.82) is 0 Å². The van der Waals surface area contributed by atoms with Gasteiger partial charge in [-0.3, -0.25) is 0 Å². The number of benzene rings is 1. The van der Waals surface area contributed by atoms with E-state index in [9.17, 15) is 5.11 Å². The van der Waals surface area contributed by atoms with E-state index in [0.717, 1.165) is 22.2 Å². The first kappa shape index (κ1) is 13.2. The zero-order valence-corrected chi connectivity index (χ0v) is 11.2. The van der Waals surface area contributed by atoms with Crippen LogP contribution in [0.2, 0.25) is 5.15 Å². The molecule has 2 aromatic rings. The van der Waals surface area contributed by atoms with Crippen LogP contribution in [0.5, 0.6) is 5.75 Å². The molecule has 0 unspecified atom stereocenters. The first-order valence-corrected chi connectivity index (χ1v) is 6.05. The maximum atomic E-state index is 9.45. The molecule has 1 heterocycles. The summed E-state index contributed by atoms with van der Waals surface area (Å²) in [7, 11) is 3.26. The molecule has 0 aliphatic heterocycles. The van der Waals surface area contributed by atoms with Gasteiger partial charge in [0.1, 0.15) is 10.9 Å². The maximum Gasteiger partial charge on any atom is 0.143 e. The van der Waals surface area contributed by atoms with Gasteiger partial charge in [0, 0.05) is 24.6 Å². The molecule has 0 saturated carbocycles. The van der Waals surface area contributed by atoms with Crippen molar-refractivity contribution in [2.45, 2.75) is 13.2 Å². The molecule has 0 aliphatic rings. The molecule has 0 spiro atoms. The number of nitrogens with zero attached hydrogens (tertiary/aromatic N) is 1. The zero-order valence-electron chi connectivity index (χ0n) is 10.4. The van der Waals surface area contributed by atoms with Gasteiger partial charge in [-0.25, -0.2) is 0 Å². The molecule has 2 rings (SSSR count). The topological polar surface area (TPSA) is 43.6 Å². The molecule has 0 amide bonds. The van der Waals surface area contributed by atoms with Crippen LogP contribution in [-0.4, -0.2) is 30.5 Å². The molecule has 0 aliphatic carbocycles. The van der Waals surface area contributed by atoms with Crippen LogP contribution < -0.4 is 4.74 Å². The number of hydrogen-bond donors (Lipinski definition) is 1. The SMILES string of the molecule is COCCn1c(Cl)c(CO)c2cccc(OC)c21. The van der Waals surface area contributed by atoms with Gasteiger partial charge in [-0.1, -0.05) is 23.7 Å². The summed E-state index contributed by atoms with van der Waals surface area (Å²) in [5.41, 5.74) is 1.62. The molecule has 98 valence electrons. The Bertz CT molecular complexity index is 551. The lowest BCUT2D eigenvalue weighted by molar-refractivity contribution is 0.188. The molecule has 0 bridgehead atoms. The second kappa shape index (κ2) is 5.61. The summed E-state index contributed by atoms with van der Waals surface area (Å²) in [6, 6.07) is 5.69. The van der Waals surface area contributed by atoms with Crippen LogP contribution >= 0.6 is 11.6 Å². The summed E-state index contributed by atoms with van der Waals surface area (Å²) in [6.45, 7) is 1.07. The van der Waals surface area contributed by atoms with Crippen molar-refractivity contribution in [1.82, 2.24) is 4.57 Å². The number of methoxy groups -OCH3 is 2. The van der Waals surface area contributed by atoms with Crippen molar-refractivity contribution >= 4 is 22.5 Å². The van der Waals surface area contributed by atoms with Gasteiger partial charge in [-0.15, -0.1) is 0 Å². The Morgan fingerprint density at radius 3 is 2.72 bits per heavy atom. The zero-order chi connectivity index (χ0) is 13.1. The third kappa shape index (κ3) is 2.07. The number of rotatable bonds is 5. The van der Waals surface area contributed by atoms with E-state index in [-0.39, 0.29) is 6.61 Å². The molecule has 0 atom stereocenters. The van der Waals surface area contributed by atoms with Crippen molar-refractivity contribution in [3.8, 4) is 5.75 Å². The van der Waals surface area contributed by atoms with Crippen molar-refractivity contribution in [2.75, 3.05) is 20.8 Å². The Labute approximate surface area is 111 Å². The summed E-state index contributed by atoms with van der Waals surface area (Å²) in [4.78, 5) is 0. The number of hydrogen-bond acceptors (Lipinski definition) is 3. The van der Waals surface area contributed by atoms with Crippen LogP contribution in [0.15, 0.2) is 18.2 Å². The predicted octanol–water partition coefficient (Wildman–Crippen LogP) is 2.44. The van der Waals surface area contributed by atoms with Gasteiger partial charge < -0.3 is 19.1 Å². The lowest BCUT2D eigenvalue weighted by Crippen LogP contribution is -2.05. The van der Waals surface area contributed by atoms with Gasteiger partial charge in [-0.05, 0) is 6.07 Å². The first-order chi connectivity index (χ1) is 8.74. The number of ether oxygens (including phenoxy) is 2.